The van der Waals surface area contributed by atoms with Gasteiger partial charge in [-0.15, -0.1) is 0 Å². The van der Waals surface area contributed by atoms with Crippen molar-refractivity contribution in [1.29, 1.82) is 0 Å². The summed E-state index contributed by atoms with van der Waals surface area (Å²) in [6, 6.07) is 0. The minimum absolute atomic E-state index is 0.00764. The van der Waals surface area contributed by atoms with E-state index in [2.05, 4.69) is 0 Å². The number of carbonyl (C=O) groups excluding carboxylic acids is 2. The average Bonchev–Trinajstić information content (AvgIpc) is 3.04. The number of fused-ring (bicyclic) bond motifs is 1. The van der Waals surface area contributed by atoms with Gasteiger partial charge in [0.15, 0.2) is 6.29 Å². The van der Waals surface area contributed by atoms with Crippen LogP contribution in [0.15, 0.2) is 0 Å². The fourth-order valence-corrected chi connectivity index (χ4v) is 2.29. The maximum Gasteiger partial charge on any atom is 0.233 e. The van der Waals surface area contributed by atoms with Gasteiger partial charge in [-0.05, 0) is 20.3 Å². The summed E-state index contributed by atoms with van der Waals surface area (Å²) in [5.41, 5.74) is 0. The Labute approximate surface area is 101 Å². The molecule has 2 amide bonds. The molecule has 2 rings (SSSR count). The Morgan fingerprint density at radius 3 is 2.18 bits per heavy atom. The molecule has 1 saturated carbocycles. The summed E-state index contributed by atoms with van der Waals surface area (Å²) < 4.78 is 10.8. The summed E-state index contributed by atoms with van der Waals surface area (Å²) in [6.45, 7) is 5.34. The topological polar surface area (TPSA) is 55.8 Å². The van der Waals surface area contributed by atoms with Crippen molar-refractivity contribution >= 4 is 11.8 Å². The van der Waals surface area contributed by atoms with Crippen molar-refractivity contribution < 1.29 is 19.1 Å². The van der Waals surface area contributed by atoms with Gasteiger partial charge in [0.1, 0.15) is 0 Å². The molecule has 0 aromatic heterocycles. The molecule has 0 radical (unpaired) electrons. The first-order valence-corrected chi connectivity index (χ1v) is 6.27. The van der Waals surface area contributed by atoms with Gasteiger partial charge in [-0.25, -0.2) is 0 Å². The predicted molar refractivity (Wildman–Crippen MR) is 60.0 cm³/mol. The third-order valence-corrected chi connectivity index (χ3v) is 3.25. The lowest BCUT2D eigenvalue weighted by atomic mass is 10.3. The minimum atomic E-state index is -0.317. The highest BCUT2D eigenvalue weighted by molar-refractivity contribution is 6.08. The number of amides is 2. The first kappa shape index (κ1) is 12.5. The van der Waals surface area contributed by atoms with Crippen molar-refractivity contribution in [3.63, 3.8) is 0 Å². The standard InChI is InChI=1S/C12H19NO4/c1-3-16-10(17-4-2)5-6-13-11(14)8-7-9(8)12(13)15/h8-10H,3-7H2,1-2H3. The second-order valence-corrected chi connectivity index (χ2v) is 4.41. The SMILES string of the molecule is CCOC(CCN1C(=O)C2CC2C1=O)OCC. The van der Waals surface area contributed by atoms with Crippen molar-refractivity contribution in [3.05, 3.63) is 0 Å². The molecule has 5 heteroatoms. The highest BCUT2D eigenvalue weighted by Crippen LogP contribution is 2.46. The fourth-order valence-electron chi connectivity index (χ4n) is 2.29. The van der Waals surface area contributed by atoms with E-state index in [-0.39, 0.29) is 29.9 Å². The molecule has 0 aromatic carbocycles. The van der Waals surface area contributed by atoms with Gasteiger partial charge < -0.3 is 9.47 Å². The van der Waals surface area contributed by atoms with Gasteiger partial charge >= 0.3 is 0 Å². The zero-order chi connectivity index (χ0) is 12.4. The molecule has 0 bridgehead atoms. The van der Waals surface area contributed by atoms with Gasteiger partial charge in [0, 0.05) is 26.2 Å². The van der Waals surface area contributed by atoms with Crippen molar-refractivity contribution in [2.24, 2.45) is 11.8 Å². The zero-order valence-electron chi connectivity index (χ0n) is 10.3. The van der Waals surface area contributed by atoms with E-state index < -0.39 is 0 Å². The summed E-state index contributed by atoms with van der Waals surface area (Å²) in [5, 5.41) is 0. The van der Waals surface area contributed by atoms with Gasteiger partial charge in [0.25, 0.3) is 0 Å². The van der Waals surface area contributed by atoms with Crippen molar-refractivity contribution in [3.8, 4) is 0 Å². The Hall–Kier alpha value is -0.940. The number of hydrogen-bond donors (Lipinski definition) is 0. The third kappa shape index (κ3) is 2.50. The van der Waals surface area contributed by atoms with Crippen LogP contribution in [0.2, 0.25) is 0 Å². The molecular weight excluding hydrogens is 222 g/mol. The Balaban J connectivity index is 1.80. The molecule has 2 aliphatic rings. The largest absolute Gasteiger partial charge is 0.353 e. The molecular formula is C12H19NO4. The number of piperidine rings is 1. The van der Waals surface area contributed by atoms with Crippen LogP contribution in [0.1, 0.15) is 26.7 Å². The monoisotopic (exact) mass is 241 g/mol. The number of carbonyl (C=O) groups is 2. The van der Waals surface area contributed by atoms with Crippen LogP contribution in [-0.2, 0) is 19.1 Å². The number of rotatable bonds is 7. The van der Waals surface area contributed by atoms with Crippen LogP contribution in [0.3, 0.4) is 0 Å². The van der Waals surface area contributed by atoms with Gasteiger partial charge in [-0.2, -0.15) is 0 Å². The van der Waals surface area contributed by atoms with Crippen LogP contribution in [0.4, 0.5) is 0 Å². The van der Waals surface area contributed by atoms with Crippen LogP contribution in [0, 0.1) is 11.8 Å². The van der Waals surface area contributed by atoms with E-state index in [1.54, 1.807) is 0 Å². The van der Waals surface area contributed by atoms with E-state index in [1.807, 2.05) is 13.8 Å². The minimum Gasteiger partial charge on any atom is -0.353 e. The Morgan fingerprint density at radius 1 is 1.18 bits per heavy atom. The van der Waals surface area contributed by atoms with Gasteiger partial charge in [0.2, 0.25) is 11.8 Å². The molecule has 1 aliphatic carbocycles. The zero-order valence-corrected chi connectivity index (χ0v) is 10.3. The van der Waals surface area contributed by atoms with Crippen LogP contribution in [0.5, 0.6) is 0 Å². The van der Waals surface area contributed by atoms with Crippen LogP contribution in [0.25, 0.3) is 0 Å². The Bertz CT molecular complexity index is 292. The van der Waals surface area contributed by atoms with Crippen molar-refractivity contribution in [2.75, 3.05) is 19.8 Å². The molecule has 17 heavy (non-hydrogen) atoms. The predicted octanol–water partition coefficient (Wildman–Crippen LogP) is 0.780. The summed E-state index contributed by atoms with van der Waals surface area (Å²) in [7, 11) is 0. The number of likely N-dealkylation sites (tertiary alicyclic amines) is 1. The normalized spacial score (nSPS) is 26.9. The Kier molecular flexibility index (Phi) is 3.79. The summed E-state index contributed by atoms with van der Waals surface area (Å²) in [4.78, 5) is 24.8. The smallest absolute Gasteiger partial charge is 0.233 e. The molecule has 1 heterocycles. The maximum atomic E-state index is 11.7. The van der Waals surface area contributed by atoms with E-state index in [0.29, 0.717) is 26.2 Å². The number of imide groups is 1. The molecule has 0 aromatic rings. The lowest BCUT2D eigenvalue weighted by Crippen LogP contribution is -2.36. The van der Waals surface area contributed by atoms with E-state index in [9.17, 15) is 9.59 Å². The average molecular weight is 241 g/mol. The summed E-state index contributed by atoms with van der Waals surface area (Å²) in [5.74, 6) is -0.0428. The summed E-state index contributed by atoms with van der Waals surface area (Å²) >= 11 is 0. The van der Waals surface area contributed by atoms with Gasteiger partial charge in [0.05, 0.1) is 11.8 Å². The first-order valence-electron chi connectivity index (χ1n) is 6.27. The lowest BCUT2D eigenvalue weighted by molar-refractivity contribution is -0.151. The van der Waals surface area contributed by atoms with Crippen LogP contribution in [-0.4, -0.2) is 42.8 Å². The number of nitrogens with zero attached hydrogens (tertiary/aromatic N) is 1. The van der Waals surface area contributed by atoms with Crippen molar-refractivity contribution in [1.82, 2.24) is 4.90 Å². The number of hydrogen-bond acceptors (Lipinski definition) is 4. The van der Waals surface area contributed by atoms with Gasteiger partial charge in [-0.1, -0.05) is 0 Å². The summed E-state index contributed by atoms with van der Waals surface area (Å²) in [6.07, 6.45) is 0.996. The third-order valence-electron chi connectivity index (χ3n) is 3.25. The lowest BCUT2D eigenvalue weighted by Gasteiger charge is -2.21. The van der Waals surface area contributed by atoms with E-state index in [0.717, 1.165) is 6.42 Å². The van der Waals surface area contributed by atoms with Crippen molar-refractivity contribution in [2.45, 2.75) is 33.0 Å². The molecule has 0 spiro atoms. The molecule has 2 unspecified atom stereocenters. The molecule has 5 nitrogen and oxygen atoms in total. The van der Waals surface area contributed by atoms with E-state index >= 15 is 0 Å². The molecule has 0 N–H and O–H groups in total. The quantitative estimate of drug-likeness (QED) is 0.488. The number of ether oxygens (including phenoxy) is 2. The Morgan fingerprint density at radius 2 is 1.71 bits per heavy atom. The maximum absolute atomic E-state index is 11.7. The fraction of sp³-hybridized carbons (Fsp3) is 0.833. The second kappa shape index (κ2) is 5.14. The van der Waals surface area contributed by atoms with Crippen LogP contribution >= 0.6 is 0 Å². The van der Waals surface area contributed by atoms with Gasteiger partial charge in [-0.3, -0.25) is 14.5 Å². The molecule has 2 fully saturated rings. The molecule has 2 atom stereocenters. The first-order chi connectivity index (χ1) is 8.19. The molecule has 96 valence electrons. The highest BCUT2D eigenvalue weighted by atomic mass is 16.7. The van der Waals surface area contributed by atoms with E-state index in [4.69, 9.17) is 9.47 Å². The molecule has 1 aliphatic heterocycles. The van der Waals surface area contributed by atoms with E-state index in [1.165, 1.54) is 4.90 Å². The highest BCUT2D eigenvalue weighted by Gasteiger charge is 2.58. The second-order valence-electron chi connectivity index (χ2n) is 4.41. The molecule has 1 saturated heterocycles. The van der Waals surface area contributed by atoms with Crippen LogP contribution < -0.4 is 0 Å².